The molecular formula is C11H20. The van der Waals surface area contributed by atoms with Crippen molar-refractivity contribution in [1.82, 2.24) is 0 Å². The molecule has 0 spiro atoms. The van der Waals surface area contributed by atoms with Gasteiger partial charge >= 0.3 is 0 Å². The average molecular weight is 152 g/mol. The van der Waals surface area contributed by atoms with Crippen molar-refractivity contribution in [2.75, 3.05) is 0 Å². The van der Waals surface area contributed by atoms with Gasteiger partial charge in [0.05, 0.1) is 0 Å². The van der Waals surface area contributed by atoms with Crippen molar-refractivity contribution in [3.63, 3.8) is 0 Å². The first-order valence-electron chi connectivity index (χ1n) is 5.29. The highest BCUT2D eigenvalue weighted by Crippen LogP contribution is 2.67. The molecule has 0 heterocycles. The van der Waals surface area contributed by atoms with Gasteiger partial charge in [-0.2, -0.15) is 0 Å². The van der Waals surface area contributed by atoms with E-state index < -0.39 is 0 Å². The van der Waals surface area contributed by atoms with Crippen molar-refractivity contribution in [2.45, 2.75) is 40.0 Å². The van der Waals surface area contributed by atoms with E-state index in [1.807, 2.05) is 0 Å². The van der Waals surface area contributed by atoms with Gasteiger partial charge < -0.3 is 0 Å². The standard InChI is InChI=1S/C11H20/c1-4-7(3)11-8(5-2)9-6-10(9)11/h7-11H,4-6H2,1-3H3. The summed E-state index contributed by atoms with van der Waals surface area (Å²) in [5, 5.41) is 0. The quantitative estimate of drug-likeness (QED) is 0.582. The Hall–Kier alpha value is 0. The van der Waals surface area contributed by atoms with Crippen molar-refractivity contribution in [3.8, 4) is 0 Å². The average Bonchev–Trinajstić information content (AvgIpc) is 2.65. The van der Waals surface area contributed by atoms with E-state index in [-0.39, 0.29) is 0 Å². The summed E-state index contributed by atoms with van der Waals surface area (Å²) in [4.78, 5) is 0. The van der Waals surface area contributed by atoms with Crippen LogP contribution in [0.15, 0.2) is 0 Å². The molecule has 0 amide bonds. The van der Waals surface area contributed by atoms with Crippen molar-refractivity contribution < 1.29 is 0 Å². The minimum atomic E-state index is 1.00. The summed E-state index contributed by atoms with van der Waals surface area (Å²) in [6.45, 7) is 7.16. The third-order valence-electron chi connectivity index (χ3n) is 4.20. The zero-order valence-electron chi connectivity index (χ0n) is 8.01. The van der Waals surface area contributed by atoms with E-state index in [1.54, 1.807) is 6.42 Å². The molecule has 64 valence electrons. The van der Waals surface area contributed by atoms with Gasteiger partial charge in [0.25, 0.3) is 0 Å². The Kier molecular flexibility index (Phi) is 1.74. The van der Waals surface area contributed by atoms with E-state index in [0.29, 0.717) is 0 Å². The summed E-state index contributed by atoms with van der Waals surface area (Å²) in [6.07, 6.45) is 4.41. The molecule has 2 aliphatic rings. The predicted octanol–water partition coefficient (Wildman–Crippen LogP) is 3.32. The molecule has 0 aromatic carbocycles. The molecule has 2 aliphatic carbocycles. The van der Waals surface area contributed by atoms with Crippen LogP contribution in [0.2, 0.25) is 0 Å². The van der Waals surface area contributed by atoms with Crippen LogP contribution in [0.1, 0.15) is 40.0 Å². The third-order valence-corrected chi connectivity index (χ3v) is 4.20. The van der Waals surface area contributed by atoms with Gasteiger partial charge in [-0.15, -0.1) is 0 Å². The topological polar surface area (TPSA) is 0 Å². The normalized spacial score (nSPS) is 49.4. The second-order valence-electron chi connectivity index (χ2n) is 4.60. The van der Waals surface area contributed by atoms with Crippen LogP contribution in [-0.2, 0) is 0 Å². The van der Waals surface area contributed by atoms with Gasteiger partial charge in [0.2, 0.25) is 0 Å². The van der Waals surface area contributed by atoms with Gasteiger partial charge in [-0.25, -0.2) is 0 Å². The maximum Gasteiger partial charge on any atom is -0.0326 e. The summed E-state index contributed by atoms with van der Waals surface area (Å²) in [5.41, 5.74) is 0. The highest BCUT2D eigenvalue weighted by molar-refractivity contribution is 5.09. The first-order chi connectivity index (χ1) is 5.29. The van der Waals surface area contributed by atoms with Crippen LogP contribution in [0.25, 0.3) is 0 Å². The first-order valence-corrected chi connectivity index (χ1v) is 5.29. The highest BCUT2D eigenvalue weighted by Gasteiger charge is 2.60. The largest absolute Gasteiger partial charge is 0.0651 e. The Morgan fingerprint density at radius 3 is 2.55 bits per heavy atom. The lowest BCUT2D eigenvalue weighted by Crippen LogP contribution is -2.34. The molecular weight excluding hydrogens is 132 g/mol. The van der Waals surface area contributed by atoms with Crippen LogP contribution in [0.5, 0.6) is 0 Å². The van der Waals surface area contributed by atoms with Crippen molar-refractivity contribution in [3.05, 3.63) is 0 Å². The molecule has 0 heteroatoms. The van der Waals surface area contributed by atoms with E-state index in [1.165, 1.54) is 24.7 Å². The van der Waals surface area contributed by atoms with Crippen LogP contribution in [0.3, 0.4) is 0 Å². The number of hydrogen-bond donors (Lipinski definition) is 0. The molecule has 11 heavy (non-hydrogen) atoms. The fourth-order valence-corrected chi connectivity index (χ4v) is 3.32. The van der Waals surface area contributed by atoms with E-state index in [9.17, 15) is 0 Å². The van der Waals surface area contributed by atoms with Gasteiger partial charge in [-0.05, 0) is 36.0 Å². The van der Waals surface area contributed by atoms with E-state index in [2.05, 4.69) is 20.8 Å². The smallest absolute Gasteiger partial charge is 0.0326 e. The fraction of sp³-hybridized carbons (Fsp3) is 1.00. The van der Waals surface area contributed by atoms with Gasteiger partial charge in [-0.3, -0.25) is 0 Å². The Balaban J connectivity index is 1.93. The van der Waals surface area contributed by atoms with Crippen LogP contribution in [0, 0.1) is 29.6 Å². The molecule has 0 bridgehead atoms. The molecule has 2 saturated carbocycles. The van der Waals surface area contributed by atoms with Crippen LogP contribution >= 0.6 is 0 Å². The van der Waals surface area contributed by atoms with Crippen molar-refractivity contribution in [2.24, 2.45) is 29.6 Å². The summed E-state index contributed by atoms with van der Waals surface area (Å²) >= 11 is 0. The molecule has 0 radical (unpaired) electrons. The third kappa shape index (κ3) is 0.947. The zero-order valence-corrected chi connectivity index (χ0v) is 8.01. The van der Waals surface area contributed by atoms with E-state index in [0.717, 1.165) is 17.8 Å². The van der Waals surface area contributed by atoms with Crippen LogP contribution < -0.4 is 0 Å². The minimum Gasteiger partial charge on any atom is -0.0651 e. The second kappa shape index (κ2) is 2.50. The molecule has 0 aromatic heterocycles. The van der Waals surface area contributed by atoms with Crippen LogP contribution in [-0.4, -0.2) is 0 Å². The number of rotatable bonds is 3. The summed E-state index contributed by atoms with van der Waals surface area (Å²) < 4.78 is 0. The Labute approximate surface area is 70.4 Å². The SMILES string of the molecule is CCC(C)C1C(CC)C2CC21. The van der Waals surface area contributed by atoms with Gasteiger partial charge in [-0.1, -0.05) is 33.6 Å². The van der Waals surface area contributed by atoms with Crippen molar-refractivity contribution >= 4 is 0 Å². The number of hydrogen-bond acceptors (Lipinski definition) is 0. The van der Waals surface area contributed by atoms with Gasteiger partial charge in [0, 0.05) is 0 Å². The van der Waals surface area contributed by atoms with E-state index >= 15 is 0 Å². The lowest BCUT2D eigenvalue weighted by Gasteiger charge is -2.39. The lowest BCUT2D eigenvalue weighted by molar-refractivity contribution is 0.0884. The molecule has 5 atom stereocenters. The molecule has 0 N–H and O–H groups in total. The summed E-state index contributed by atoms with van der Waals surface area (Å²) in [6, 6.07) is 0. The number of fused-ring (bicyclic) bond motifs is 1. The zero-order chi connectivity index (χ0) is 8.01. The van der Waals surface area contributed by atoms with Crippen LogP contribution in [0.4, 0.5) is 0 Å². The molecule has 0 nitrogen and oxygen atoms in total. The molecule has 5 unspecified atom stereocenters. The maximum atomic E-state index is 2.45. The highest BCUT2D eigenvalue weighted by atomic mass is 14.7. The Morgan fingerprint density at radius 1 is 1.27 bits per heavy atom. The summed E-state index contributed by atoms with van der Waals surface area (Å²) in [5.74, 6) is 5.60. The maximum absolute atomic E-state index is 2.45. The first kappa shape index (κ1) is 7.64. The molecule has 2 rings (SSSR count). The Morgan fingerprint density at radius 2 is 2.00 bits per heavy atom. The van der Waals surface area contributed by atoms with Crippen molar-refractivity contribution in [1.29, 1.82) is 0 Å². The molecule has 0 saturated heterocycles. The van der Waals surface area contributed by atoms with Gasteiger partial charge in [0.1, 0.15) is 0 Å². The van der Waals surface area contributed by atoms with E-state index in [4.69, 9.17) is 0 Å². The summed E-state index contributed by atoms with van der Waals surface area (Å²) in [7, 11) is 0. The Bertz CT molecular complexity index is 150. The molecule has 0 aromatic rings. The van der Waals surface area contributed by atoms with Gasteiger partial charge in [0.15, 0.2) is 0 Å². The lowest BCUT2D eigenvalue weighted by atomic mass is 9.66. The molecule has 2 fully saturated rings. The second-order valence-corrected chi connectivity index (χ2v) is 4.60. The predicted molar refractivity (Wildman–Crippen MR) is 48.3 cm³/mol. The monoisotopic (exact) mass is 152 g/mol. The fourth-order valence-electron chi connectivity index (χ4n) is 3.32. The molecule has 0 aliphatic heterocycles. The minimum absolute atomic E-state index is 1.00.